The lowest BCUT2D eigenvalue weighted by molar-refractivity contribution is 0.275. The summed E-state index contributed by atoms with van der Waals surface area (Å²) in [6.45, 7) is 0.535. The van der Waals surface area contributed by atoms with Gasteiger partial charge < -0.3 is 0 Å². The number of hydrogen-bond acceptors (Lipinski definition) is 5. The number of sulfonamides is 2. The van der Waals surface area contributed by atoms with Crippen molar-refractivity contribution in [3.05, 3.63) is 57.2 Å². The van der Waals surface area contributed by atoms with Crippen molar-refractivity contribution >= 4 is 53.4 Å². The predicted octanol–water partition coefficient (Wildman–Crippen LogP) is 2.82. The summed E-state index contributed by atoms with van der Waals surface area (Å²) in [5.74, 6) is 0. The third-order valence-corrected chi connectivity index (χ3v) is 9.49. The van der Waals surface area contributed by atoms with Crippen LogP contribution in [0.25, 0.3) is 6.08 Å². The molecular weight excluding hydrogens is 460 g/mol. The minimum atomic E-state index is -3.58. The van der Waals surface area contributed by atoms with E-state index in [1.54, 1.807) is 18.2 Å². The van der Waals surface area contributed by atoms with Crippen LogP contribution in [0.5, 0.6) is 0 Å². The topological polar surface area (TPSA) is 74.8 Å². The average Bonchev–Trinajstić information content (AvgIpc) is 3.08. The number of benzene rings is 1. The molecule has 140 valence electrons. The molecule has 0 radical (unpaired) electrons. The first kappa shape index (κ1) is 19.7. The minimum absolute atomic E-state index is 0.132. The van der Waals surface area contributed by atoms with Crippen molar-refractivity contribution in [2.24, 2.45) is 0 Å². The Balaban J connectivity index is 1.67. The van der Waals surface area contributed by atoms with Crippen LogP contribution in [0.1, 0.15) is 5.56 Å². The molecule has 0 spiro atoms. The van der Waals surface area contributed by atoms with Crippen LogP contribution in [0.4, 0.5) is 0 Å². The lowest BCUT2D eigenvalue weighted by Crippen LogP contribution is -2.49. The third kappa shape index (κ3) is 4.44. The van der Waals surface area contributed by atoms with E-state index in [1.165, 1.54) is 14.0 Å². The lowest BCUT2D eigenvalue weighted by Gasteiger charge is -2.32. The first-order valence-electron chi connectivity index (χ1n) is 7.78. The van der Waals surface area contributed by atoms with Gasteiger partial charge in [0.2, 0.25) is 10.0 Å². The largest absolute Gasteiger partial charge is 0.252 e. The first-order chi connectivity index (χ1) is 12.3. The highest BCUT2D eigenvalue weighted by Gasteiger charge is 2.32. The molecule has 0 aliphatic carbocycles. The van der Waals surface area contributed by atoms with E-state index in [9.17, 15) is 16.8 Å². The summed E-state index contributed by atoms with van der Waals surface area (Å²) in [7, 11) is -7.17. The highest BCUT2D eigenvalue weighted by atomic mass is 79.9. The van der Waals surface area contributed by atoms with Crippen molar-refractivity contribution in [1.82, 2.24) is 8.61 Å². The van der Waals surface area contributed by atoms with Gasteiger partial charge in [0.15, 0.2) is 0 Å². The molecule has 1 aliphatic rings. The molecule has 0 saturated carbocycles. The summed E-state index contributed by atoms with van der Waals surface area (Å²) in [5.41, 5.74) is 0.792. The Hall–Kier alpha value is -1.04. The molecular formula is C16H17BrN2O4S3. The smallest absolute Gasteiger partial charge is 0.208 e. The minimum Gasteiger partial charge on any atom is -0.208 e. The number of rotatable bonds is 5. The van der Waals surface area contributed by atoms with Gasteiger partial charge in [0.1, 0.15) is 4.21 Å². The molecule has 0 N–H and O–H groups in total. The van der Waals surface area contributed by atoms with Crippen LogP contribution in [0.2, 0.25) is 0 Å². The monoisotopic (exact) mass is 476 g/mol. The van der Waals surface area contributed by atoms with Crippen LogP contribution in [0.3, 0.4) is 0 Å². The number of piperazine rings is 1. The SMILES string of the molecule is O=S(=O)(/C=C/c1ccccc1)N1CCN(S(=O)(=O)c2ccc(Br)s2)CC1. The van der Waals surface area contributed by atoms with Crippen LogP contribution in [0.15, 0.2) is 55.9 Å². The quantitative estimate of drug-likeness (QED) is 0.664. The molecule has 2 aromatic rings. The number of halogens is 1. The van der Waals surface area contributed by atoms with E-state index in [4.69, 9.17) is 0 Å². The molecule has 10 heteroatoms. The van der Waals surface area contributed by atoms with Crippen molar-refractivity contribution in [1.29, 1.82) is 0 Å². The molecule has 6 nitrogen and oxygen atoms in total. The third-order valence-electron chi connectivity index (χ3n) is 3.93. The second kappa shape index (κ2) is 7.91. The fraction of sp³-hybridized carbons (Fsp3) is 0.250. The zero-order valence-electron chi connectivity index (χ0n) is 13.7. The van der Waals surface area contributed by atoms with Gasteiger partial charge in [-0.25, -0.2) is 16.8 Å². The second-order valence-electron chi connectivity index (χ2n) is 5.62. The molecule has 1 aromatic heterocycles. The summed E-state index contributed by atoms with van der Waals surface area (Å²) < 4.78 is 53.7. The summed E-state index contributed by atoms with van der Waals surface area (Å²) in [4.78, 5) is 0. The molecule has 0 unspecified atom stereocenters. The second-order valence-corrected chi connectivity index (χ2v) is 12.1. The molecule has 1 aromatic carbocycles. The van der Waals surface area contributed by atoms with Crippen LogP contribution in [-0.4, -0.2) is 51.6 Å². The molecule has 3 rings (SSSR count). The highest BCUT2D eigenvalue weighted by molar-refractivity contribution is 9.11. The highest BCUT2D eigenvalue weighted by Crippen LogP contribution is 2.29. The van der Waals surface area contributed by atoms with Gasteiger partial charge >= 0.3 is 0 Å². The first-order valence-corrected chi connectivity index (χ1v) is 12.3. The predicted molar refractivity (Wildman–Crippen MR) is 107 cm³/mol. The molecule has 26 heavy (non-hydrogen) atoms. The maximum atomic E-state index is 12.6. The fourth-order valence-electron chi connectivity index (χ4n) is 2.54. The van der Waals surface area contributed by atoms with E-state index >= 15 is 0 Å². The summed E-state index contributed by atoms with van der Waals surface area (Å²) in [6.07, 6.45) is 1.54. The average molecular weight is 477 g/mol. The van der Waals surface area contributed by atoms with Gasteiger partial charge in [0.25, 0.3) is 10.0 Å². The number of nitrogens with zero attached hydrogens (tertiary/aromatic N) is 2. The van der Waals surface area contributed by atoms with Crippen LogP contribution in [-0.2, 0) is 20.0 Å². The van der Waals surface area contributed by atoms with Gasteiger partial charge in [0, 0.05) is 31.6 Å². The maximum absolute atomic E-state index is 12.6. The molecule has 2 heterocycles. The molecule has 0 bridgehead atoms. The fourth-order valence-corrected chi connectivity index (χ4v) is 7.30. The Bertz CT molecular complexity index is 993. The van der Waals surface area contributed by atoms with Gasteiger partial charge in [-0.2, -0.15) is 8.61 Å². The molecule has 0 amide bonds. The zero-order valence-corrected chi connectivity index (χ0v) is 17.7. The van der Waals surface area contributed by atoms with E-state index in [0.29, 0.717) is 0 Å². The Morgan fingerprint density at radius 1 is 0.885 bits per heavy atom. The summed E-state index contributed by atoms with van der Waals surface area (Å²) >= 11 is 4.41. The van der Waals surface area contributed by atoms with E-state index in [1.807, 2.05) is 30.3 Å². The van der Waals surface area contributed by atoms with Crippen LogP contribution >= 0.6 is 27.3 Å². The number of hydrogen-bond donors (Lipinski definition) is 0. The zero-order chi connectivity index (χ0) is 18.8. The van der Waals surface area contributed by atoms with E-state index in [0.717, 1.165) is 20.7 Å². The molecule has 1 fully saturated rings. The van der Waals surface area contributed by atoms with Gasteiger partial charge in [-0.15, -0.1) is 11.3 Å². The van der Waals surface area contributed by atoms with Crippen LogP contribution < -0.4 is 0 Å². The lowest BCUT2D eigenvalue weighted by atomic mass is 10.2. The van der Waals surface area contributed by atoms with Crippen molar-refractivity contribution in [2.75, 3.05) is 26.2 Å². The standard InChI is InChI=1S/C16H17BrN2O4S3/c17-15-6-7-16(24-15)26(22,23)19-11-9-18(10-12-19)25(20,21)13-8-14-4-2-1-3-5-14/h1-8,13H,9-12H2/b13-8+. The Kier molecular flexibility index (Phi) is 6.00. The van der Waals surface area contributed by atoms with E-state index in [2.05, 4.69) is 15.9 Å². The van der Waals surface area contributed by atoms with Gasteiger partial charge in [0.05, 0.1) is 3.79 Å². The Morgan fingerprint density at radius 3 is 2.08 bits per heavy atom. The van der Waals surface area contributed by atoms with Crippen molar-refractivity contribution in [2.45, 2.75) is 4.21 Å². The molecule has 1 aliphatic heterocycles. The van der Waals surface area contributed by atoms with Crippen molar-refractivity contribution in [3.63, 3.8) is 0 Å². The van der Waals surface area contributed by atoms with E-state index < -0.39 is 20.0 Å². The Morgan fingerprint density at radius 2 is 1.50 bits per heavy atom. The van der Waals surface area contributed by atoms with Gasteiger partial charge in [-0.05, 0) is 39.7 Å². The van der Waals surface area contributed by atoms with E-state index in [-0.39, 0.29) is 30.4 Å². The Labute approximate surface area is 166 Å². The summed E-state index contributed by atoms with van der Waals surface area (Å²) in [6, 6.07) is 12.4. The van der Waals surface area contributed by atoms with Gasteiger partial charge in [-0.1, -0.05) is 30.3 Å². The van der Waals surface area contributed by atoms with Crippen LogP contribution in [0, 0.1) is 0 Å². The maximum Gasteiger partial charge on any atom is 0.252 e. The molecule has 0 atom stereocenters. The van der Waals surface area contributed by atoms with Crippen molar-refractivity contribution in [3.8, 4) is 0 Å². The normalized spacial score (nSPS) is 17.7. The summed E-state index contributed by atoms with van der Waals surface area (Å²) in [5, 5.41) is 1.17. The number of thiophene rings is 1. The molecule has 1 saturated heterocycles. The van der Waals surface area contributed by atoms with Gasteiger partial charge in [-0.3, -0.25) is 0 Å². The van der Waals surface area contributed by atoms with Crippen molar-refractivity contribution < 1.29 is 16.8 Å².